The van der Waals surface area contributed by atoms with E-state index in [4.69, 9.17) is 4.74 Å². The average Bonchev–Trinajstić information content (AvgIpc) is 2.97. The number of phenolic OH excluding ortho intramolecular Hbond substituents is 1. The molecule has 0 aromatic heterocycles. The molecule has 5 atom stereocenters. The molecule has 0 spiro atoms. The van der Waals surface area contributed by atoms with E-state index in [0.29, 0.717) is 23.5 Å². The highest BCUT2D eigenvalue weighted by atomic mass is 16.5. The van der Waals surface area contributed by atoms with Crippen LogP contribution >= 0.6 is 0 Å². The van der Waals surface area contributed by atoms with E-state index in [-0.39, 0.29) is 23.7 Å². The number of aliphatic hydroxyl groups is 1. The number of phenols is 1. The lowest BCUT2D eigenvalue weighted by Gasteiger charge is -2.51. The molecule has 0 saturated heterocycles. The number of allylic oxidation sites excluding steroid dienone is 1. The van der Waals surface area contributed by atoms with Crippen LogP contribution in [0.15, 0.2) is 23.8 Å². The molecule has 3 aliphatic rings. The molecule has 2 N–H and O–H groups in total. The Kier molecular flexibility index (Phi) is 4.10. The van der Waals surface area contributed by atoms with Crippen LogP contribution < -0.4 is 4.74 Å². The first-order valence-electron chi connectivity index (χ1n) is 9.70. The van der Waals surface area contributed by atoms with Crippen molar-refractivity contribution in [3.63, 3.8) is 0 Å². The van der Waals surface area contributed by atoms with Crippen molar-refractivity contribution in [2.24, 2.45) is 23.2 Å². The zero-order valence-electron chi connectivity index (χ0n) is 15.6. The highest BCUT2D eigenvalue weighted by molar-refractivity contribution is 5.49. The molecule has 0 bridgehead atoms. The second kappa shape index (κ2) is 6.05. The minimum Gasteiger partial charge on any atom is -0.504 e. The summed E-state index contributed by atoms with van der Waals surface area (Å²) >= 11 is 0. The van der Waals surface area contributed by atoms with Gasteiger partial charge in [-0.05, 0) is 78.5 Å². The first kappa shape index (κ1) is 17.0. The van der Waals surface area contributed by atoms with E-state index in [1.165, 1.54) is 36.0 Å². The van der Waals surface area contributed by atoms with Gasteiger partial charge in [0.1, 0.15) is 0 Å². The van der Waals surface area contributed by atoms with Gasteiger partial charge in [0.15, 0.2) is 11.5 Å². The fourth-order valence-corrected chi connectivity index (χ4v) is 6.21. The molecule has 0 amide bonds. The number of aromatic hydroxyl groups is 1. The van der Waals surface area contributed by atoms with Crippen molar-refractivity contribution in [2.75, 3.05) is 13.7 Å². The summed E-state index contributed by atoms with van der Waals surface area (Å²) in [6.07, 6.45) is 8.22. The number of aliphatic hydroxyl groups excluding tert-OH is 1. The maximum atomic E-state index is 10.1. The van der Waals surface area contributed by atoms with Crippen LogP contribution in [-0.4, -0.2) is 23.9 Å². The number of hydrogen-bond acceptors (Lipinski definition) is 3. The molecule has 3 aliphatic carbocycles. The topological polar surface area (TPSA) is 49.7 Å². The molecule has 3 heteroatoms. The fourth-order valence-electron chi connectivity index (χ4n) is 6.21. The lowest BCUT2D eigenvalue weighted by atomic mass is 9.53. The predicted octanol–water partition coefficient (Wildman–Crippen LogP) is 4.42. The van der Waals surface area contributed by atoms with E-state index in [0.717, 1.165) is 12.8 Å². The van der Waals surface area contributed by atoms with E-state index in [1.54, 1.807) is 7.11 Å². The third kappa shape index (κ3) is 2.43. The molecule has 0 aliphatic heterocycles. The molecule has 1 aromatic rings. The van der Waals surface area contributed by atoms with Crippen molar-refractivity contribution >= 4 is 0 Å². The summed E-state index contributed by atoms with van der Waals surface area (Å²) in [4.78, 5) is 0. The van der Waals surface area contributed by atoms with Crippen molar-refractivity contribution in [3.8, 4) is 11.5 Å². The molecule has 1 unspecified atom stereocenters. The van der Waals surface area contributed by atoms with Gasteiger partial charge in [0.2, 0.25) is 0 Å². The van der Waals surface area contributed by atoms with Crippen molar-refractivity contribution in [2.45, 2.75) is 51.9 Å². The monoisotopic (exact) mass is 342 g/mol. The number of ether oxygens (including phenoxy) is 1. The summed E-state index contributed by atoms with van der Waals surface area (Å²) in [6.45, 7) is 4.85. The number of hydrogen-bond donors (Lipinski definition) is 2. The molecular formula is C22H30O3. The lowest BCUT2D eigenvalue weighted by Crippen LogP contribution is -2.42. The number of aryl methyl sites for hydroxylation is 1. The van der Waals surface area contributed by atoms with Crippen molar-refractivity contribution in [1.82, 2.24) is 0 Å². The van der Waals surface area contributed by atoms with Gasteiger partial charge in [0, 0.05) is 12.5 Å². The maximum Gasteiger partial charge on any atom is 0.160 e. The summed E-state index contributed by atoms with van der Waals surface area (Å²) in [5.41, 5.74) is 4.45. The lowest BCUT2D eigenvalue weighted by molar-refractivity contribution is 0.0654. The SMILES string of the molecule is COc1cc2c(cc1O)CC[C@@H]1[C@@H]2CC[C@]2(C)C(C(C)CO)=CC[C@@H]12. The van der Waals surface area contributed by atoms with Crippen LogP contribution in [-0.2, 0) is 6.42 Å². The van der Waals surface area contributed by atoms with E-state index in [9.17, 15) is 10.2 Å². The Labute approximate surface area is 150 Å². The number of methoxy groups -OCH3 is 1. The molecule has 0 heterocycles. The van der Waals surface area contributed by atoms with E-state index < -0.39 is 0 Å². The van der Waals surface area contributed by atoms with Crippen LogP contribution in [0.1, 0.15) is 56.6 Å². The van der Waals surface area contributed by atoms with Crippen LogP contribution in [0.25, 0.3) is 0 Å². The Morgan fingerprint density at radius 3 is 2.84 bits per heavy atom. The van der Waals surface area contributed by atoms with Gasteiger partial charge in [-0.1, -0.05) is 25.5 Å². The van der Waals surface area contributed by atoms with E-state index >= 15 is 0 Å². The Morgan fingerprint density at radius 1 is 1.32 bits per heavy atom. The van der Waals surface area contributed by atoms with E-state index in [1.807, 2.05) is 6.07 Å². The third-order valence-corrected chi connectivity index (χ3v) is 7.47. The Balaban J connectivity index is 1.67. The summed E-state index contributed by atoms with van der Waals surface area (Å²) in [6, 6.07) is 4.01. The highest BCUT2D eigenvalue weighted by Gasteiger charge is 2.52. The zero-order valence-corrected chi connectivity index (χ0v) is 15.6. The Bertz CT molecular complexity index is 707. The minimum absolute atomic E-state index is 0.252. The molecule has 1 saturated carbocycles. The van der Waals surface area contributed by atoms with Crippen LogP contribution in [0.4, 0.5) is 0 Å². The molecule has 4 rings (SSSR count). The predicted molar refractivity (Wildman–Crippen MR) is 99.0 cm³/mol. The second-order valence-electron chi connectivity index (χ2n) is 8.57. The maximum absolute atomic E-state index is 10.1. The molecule has 1 fully saturated rings. The standard InChI is InChI=1S/C22H30O3/c1-13(12-23)18-6-7-19-16-5-4-14-10-20(24)21(25-3)11-17(14)15(16)8-9-22(18,19)2/h6,10-11,13,15-16,19,23-24H,4-5,7-9,12H2,1-3H3/t13?,15-,16+,19-,22+/m0/s1. The van der Waals surface area contributed by atoms with Crippen LogP contribution in [0.3, 0.4) is 0 Å². The molecule has 0 radical (unpaired) electrons. The minimum atomic E-state index is 0.252. The molecule has 1 aromatic carbocycles. The Morgan fingerprint density at radius 2 is 2.12 bits per heavy atom. The first-order valence-corrected chi connectivity index (χ1v) is 9.70. The highest BCUT2D eigenvalue weighted by Crippen LogP contribution is 2.62. The van der Waals surface area contributed by atoms with Crippen LogP contribution in [0, 0.1) is 23.2 Å². The smallest absolute Gasteiger partial charge is 0.160 e. The summed E-state index contributed by atoms with van der Waals surface area (Å²) in [5, 5.41) is 19.8. The Hall–Kier alpha value is -1.48. The molecule has 25 heavy (non-hydrogen) atoms. The van der Waals surface area contributed by atoms with Gasteiger partial charge in [0.05, 0.1) is 7.11 Å². The van der Waals surface area contributed by atoms with Gasteiger partial charge in [-0.15, -0.1) is 0 Å². The number of benzene rings is 1. The summed E-state index contributed by atoms with van der Waals surface area (Å²) in [5.74, 6) is 3.10. The molecular weight excluding hydrogens is 312 g/mol. The van der Waals surface area contributed by atoms with Crippen LogP contribution in [0.2, 0.25) is 0 Å². The number of fused-ring (bicyclic) bond motifs is 5. The quantitative estimate of drug-likeness (QED) is 0.799. The van der Waals surface area contributed by atoms with Gasteiger partial charge in [-0.3, -0.25) is 0 Å². The number of rotatable bonds is 3. The fraction of sp³-hybridized carbons (Fsp3) is 0.636. The van der Waals surface area contributed by atoms with Gasteiger partial charge in [-0.2, -0.15) is 0 Å². The summed E-state index contributed by atoms with van der Waals surface area (Å²) in [7, 11) is 1.63. The summed E-state index contributed by atoms with van der Waals surface area (Å²) < 4.78 is 5.37. The van der Waals surface area contributed by atoms with Gasteiger partial charge < -0.3 is 14.9 Å². The van der Waals surface area contributed by atoms with Gasteiger partial charge in [0.25, 0.3) is 0 Å². The molecule has 3 nitrogen and oxygen atoms in total. The average molecular weight is 342 g/mol. The third-order valence-electron chi connectivity index (χ3n) is 7.47. The van der Waals surface area contributed by atoms with Crippen molar-refractivity contribution in [1.29, 1.82) is 0 Å². The van der Waals surface area contributed by atoms with Crippen LogP contribution in [0.5, 0.6) is 11.5 Å². The largest absolute Gasteiger partial charge is 0.504 e. The van der Waals surface area contributed by atoms with E-state index in [2.05, 4.69) is 26.0 Å². The molecule has 136 valence electrons. The first-order chi connectivity index (χ1) is 12.0. The van der Waals surface area contributed by atoms with Crippen molar-refractivity contribution in [3.05, 3.63) is 34.9 Å². The van der Waals surface area contributed by atoms with Crippen molar-refractivity contribution < 1.29 is 14.9 Å². The normalized spacial score (nSPS) is 34.6. The second-order valence-corrected chi connectivity index (χ2v) is 8.57. The zero-order chi connectivity index (χ0) is 17.8. The van der Waals surface area contributed by atoms with Gasteiger partial charge >= 0.3 is 0 Å². The van der Waals surface area contributed by atoms with Gasteiger partial charge in [-0.25, -0.2) is 0 Å².